The first-order valence-corrected chi connectivity index (χ1v) is 6.24. The van der Waals surface area contributed by atoms with Crippen molar-refractivity contribution in [2.75, 3.05) is 7.05 Å². The van der Waals surface area contributed by atoms with Gasteiger partial charge in [0.05, 0.1) is 0 Å². The Morgan fingerprint density at radius 3 is 2.61 bits per heavy atom. The quantitative estimate of drug-likeness (QED) is 0.892. The predicted octanol–water partition coefficient (Wildman–Crippen LogP) is 4.16. The lowest BCUT2D eigenvalue weighted by Gasteiger charge is -2.08. The summed E-state index contributed by atoms with van der Waals surface area (Å²) in [5, 5.41) is 3.87. The van der Waals surface area contributed by atoms with Gasteiger partial charge in [0.2, 0.25) is 0 Å². The number of benzene rings is 2. The number of hydrogen-bond acceptors (Lipinski definition) is 2. The number of nitrogens with one attached hydrogen (secondary N) is 1. The van der Waals surface area contributed by atoms with Gasteiger partial charge in [0.15, 0.2) is 0 Å². The van der Waals surface area contributed by atoms with Crippen molar-refractivity contribution in [3.05, 3.63) is 58.6 Å². The standard InChI is InChI=1S/C15H16ClNO/c1-11-8-14(6-7-15(11)16)18-13-5-3-4-12(9-13)10-17-2/h3-9,17H,10H2,1-2H3. The van der Waals surface area contributed by atoms with Crippen LogP contribution in [-0.2, 0) is 6.54 Å². The van der Waals surface area contributed by atoms with E-state index < -0.39 is 0 Å². The number of rotatable bonds is 4. The predicted molar refractivity (Wildman–Crippen MR) is 75.5 cm³/mol. The summed E-state index contributed by atoms with van der Waals surface area (Å²) in [6.07, 6.45) is 0. The van der Waals surface area contributed by atoms with Crippen molar-refractivity contribution < 1.29 is 4.74 Å². The third kappa shape index (κ3) is 3.25. The molecule has 0 heterocycles. The van der Waals surface area contributed by atoms with E-state index >= 15 is 0 Å². The molecule has 0 unspecified atom stereocenters. The first-order chi connectivity index (χ1) is 8.69. The topological polar surface area (TPSA) is 21.3 Å². The first-order valence-electron chi connectivity index (χ1n) is 5.86. The maximum absolute atomic E-state index is 5.99. The van der Waals surface area contributed by atoms with Crippen molar-refractivity contribution in [1.29, 1.82) is 0 Å². The Morgan fingerprint density at radius 2 is 1.89 bits per heavy atom. The highest BCUT2D eigenvalue weighted by molar-refractivity contribution is 6.31. The molecular formula is C15H16ClNO. The molecule has 0 aliphatic rings. The van der Waals surface area contributed by atoms with Crippen LogP contribution in [0.15, 0.2) is 42.5 Å². The first kappa shape index (κ1) is 12.9. The van der Waals surface area contributed by atoms with Gasteiger partial charge in [-0.25, -0.2) is 0 Å². The van der Waals surface area contributed by atoms with Crippen LogP contribution in [0.2, 0.25) is 5.02 Å². The Kier molecular flexibility index (Phi) is 4.24. The molecule has 0 saturated heterocycles. The van der Waals surface area contributed by atoms with Gasteiger partial charge in [0, 0.05) is 11.6 Å². The fourth-order valence-electron chi connectivity index (χ4n) is 1.74. The van der Waals surface area contributed by atoms with Crippen molar-refractivity contribution in [2.45, 2.75) is 13.5 Å². The van der Waals surface area contributed by atoms with Crippen LogP contribution in [-0.4, -0.2) is 7.05 Å². The van der Waals surface area contributed by atoms with E-state index in [0.29, 0.717) is 0 Å². The molecule has 0 aromatic heterocycles. The molecule has 3 heteroatoms. The molecule has 2 aromatic rings. The third-order valence-corrected chi connectivity index (χ3v) is 3.07. The van der Waals surface area contributed by atoms with Gasteiger partial charge in [-0.15, -0.1) is 0 Å². The monoisotopic (exact) mass is 261 g/mol. The van der Waals surface area contributed by atoms with Crippen LogP contribution in [0.1, 0.15) is 11.1 Å². The maximum atomic E-state index is 5.99. The van der Waals surface area contributed by atoms with Gasteiger partial charge in [0.1, 0.15) is 11.5 Å². The molecule has 94 valence electrons. The van der Waals surface area contributed by atoms with E-state index in [0.717, 1.165) is 28.6 Å². The second-order valence-corrected chi connectivity index (χ2v) is 4.60. The lowest BCUT2D eigenvalue weighted by atomic mass is 10.2. The van der Waals surface area contributed by atoms with E-state index in [1.807, 2.05) is 50.4 Å². The van der Waals surface area contributed by atoms with E-state index in [-0.39, 0.29) is 0 Å². The zero-order chi connectivity index (χ0) is 13.0. The van der Waals surface area contributed by atoms with Crippen LogP contribution in [0.3, 0.4) is 0 Å². The van der Waals surface area contributed by atoms with Gasteiger partial charge in [-0.3, -0.25) is 0 Å². The smallest absolute Gasteiger partial charge is 0.127 e. The second kappa shape index (κ2) is 5.89. The molecule has 0 atom stereocenters. The zero-order valence-corrected chi connectivity index (χ0v) is 11.3. The molecule has 0 bridgehead atoms. The Labute approximate surface area is 113 Å². The van der Waals surface area contributed by atoms with Gasteiger partial charge >= 0.3 is 0 Å². The summed E-state index contributed by atoms with van der Waals surface area (Å²) in [6, 6.07) is 13.7. The minimum absolute atomic E-state index is 0.756. The van der Waals surface area contributed by atoms with Crippen LogP contribution < -0.4 is 10.1 Å². The summed E-state index contributed by atoms with van der Waals surface area (Å²) in [6.45, 7) is 2.80. The normalized spacial score (nSPS) is 10.4. The Bertz CT molecular complexity index is 540. The minimum atomic E-state index is 0.756. The molecule has 2 aromatic carbocycles. The Morgan fingerprint density at radius 1 is 1.11 bits per heavy atom. The highest BCUT2D eigenvalue weighted by Gasteiger charge is 2.01. The van der Waals surface area contributed by atoms with Crippen LogP contribution >= 0.6 is 11.6 Å². The number of halogens is 1. The summed E-state index contributed by atoms with van der Waals surface area (Å²) in [7, 11) is 1.93. The molecule has 0 radical (unpaired) electrons. The van der Waals surface area contributed by atoms with E-state index in [1.165, 1.54) is 5.56 Å². The number of aryl methyl sites for hydroxylation is 1. The minimum Gasteiger partial charge on any atom is -0.457 e. The molecule has 0 saturated carbocycles. The van der Waals surface area contributed by atoms with Gasteiger partial charge < -0.3 is 10.1 Å². The van der Waals surface area contributed by atoms with Crippen LogP contribution in [0.5, 0.6) is 11.5 Å². The van der Waals surface area contributed by atoms with Crippen molar-refractivity contribution in [3.63, 3.8) is 0 Å². The van der Waals surface area contributed by atoms with Crippen LogP contribution in [0.4, 0.5) is 0 Å². The average Bonchev–Trinajstić information content (AvgIpc) is 2.35. The molecule has 18 heavy (non-hydrogen) atoms. The molecule has 0 aliphatic heterocycles. The van der Waals surface area contributed by atoms with E-state index in [2.05, 4.69) is 11.4 Å². The third-order valence-electron chi connectivity index (χ3n) is 2.64. The Balaban J connectivity index is 2.17. The molecule has 0 fully saturated rings. The molecule has 0 aliphatic carbocycles. The van der Waals surface area contributed by atoms with Gasteiger partial charge in [0.25, 0.3) is 0 Å². The Hall–Kier alpha value is -1.51. The fourth-order valence-corrected chi connectivity index (χ4v) is 1.86. The van der Waals surface area contributed by atoms with Crippen LogP contribution in [0, 0.1) is 6.92 Å². The van der Waals surface area contributed by atoms with Crippen molar-refractivity contribution in [1.82, 2.24) is 5.32 Å². The molecule has 2 nitrogen and oxygen atoms in total. The summed E-state index contributed by atoms with van der Waals surface area (Å²) in [5.41, 5.74) is 2.21. The summed E-state index contributed by atoms with van der Waals surface area (Å²) >= 11 is 5.99. The van der Waals surface area contributed by atoms with Gasteiger partial charge in [-0.05, 0) is 55.4 Å². The fraction of sp³-hybridized carbons (Fsp3) is 0.200. The summed E-state index contributed by atoms with van der Waals surface area (Å²) in [4.78, 5) is 0. The summed E-state index contributed by atoms with van der Waals surface area (Å²) < 4.78 is 5.81. The van der Waals surface area contributed by atoms with Gasteiger partial charge in [-0.2, -0.15) is 0 Å². The van der Waals surface area contributed by atoms with Crippen molar-refractivity contribution >= 4 is 11.6 Å². The largest absolute Gasteiger partial charge is 0.457 e. The average molecular weight is 262 g/mol. The number of hydrogen-bond donors (Lipinski definition) is 1. The molecule has 0 spiro atoms. The summed E-state index contributed by atoms with van der Waals surface area (Å²) in [5.74, 6) is 1.64. The molecule has 1 N–H and O–H groups in total. The maximum Gasteiger partial charge on any atom is 0.127 e. The molecule has 0 amide bonds. The highest BCUT2D eigenvalue weighted by atomic mass is 35.5. The molecule has 2 rings (SSSR count). The van der Waals surface area contributed by atoms with E-state index in [1.54, 1.807) is 0 Å². The van der Waals surface area contributed by atoms with E-state index in [9.17, 15) is 0 Å². The number of ether oxygens (including phenoxy) is 1. The van der Waals surface area contributed by atoms with Crippen LogP contribution in [0.25, 0.3) is 0 Å². The highest BCUT2D eigenvalue weighted by Crippen LogP contribution is 2.26. The SMILES string of the molecule is CNCc1cccc(Oc2ccc(Cl)c(C)c2)c1. The second-order valence-electron chi connectivity index (χ2n) is 4.19. The van der Waals surface area contributed by atoms with Gasteiger partial charge in [-0.1, -0.05) is 23.7 Å². The van der Waals surface area contributed by atoms with Crippen molar-refractivity contribution in [3.8, 4) is 11.5 Å². The lowest BCUT2D eigenvalue weighted by molar-refractivity contribution is 0.481. The zero-order valence-electron chi connectivity index (χ0n) is 10.5. The lowest BCUT2D eigenvalue weighted by Crippen LogP contribution is -2.04. The van der Waals surface area contributed by atoms with Crippen molar-refractivity contribution in [2.24, 2.45) is 0 Å². The molecular weight excluding hydrogens is 246 g/mol. The van der Waals surface area contributed by atoms with E-state index in [4.69, 9.17) is 16.3 Å².